The molecule has 0 spiro atoms. The van der Waals surface area contributed by atoms with Crippen molar-refractivity contribution in [2.45, 2.75) is 57.8 Å². The summed E-state index contributed by atoms with van der Waals surface area (Å²) in [7, 11) is 0. The van der Waals surface area contributed by atoms with Crippen LogP contribution in [-0.4, -0.2) is 0 Å². The fraction of sp³-hybridized carbons (Fsp3) is 0.333. The van der Waals surface area contributed by atoms with Crippen molar-refractivity contribution in [3.63, 3.8) is 0 Å². The molecule has 3 aromatic rings. The smallest absolute Gasteiger partial charge is 0.131 e. The van der Waals surface area contributed by atoms with E-state index in [2.05, 4.69) is 6.92 Å². The molecule has 0 aliphatic heterocycles. The van der Waals surface area contributed by atoms with Gasteiger partial charge in [-0.15, -0.1) is 0 Å². The van der Waals surface area contributed by atoms with E-state index in [0.29, 0.717) is 17.5 Å². The summed E-state index contributed by atoms with van der Waals surface area (Å²) in [4.78, 5) is 0. The third-order valence-corrected chi connectivity index (χ3v) is 6.25. The molecule has 3 aromatic carbocycles. The number of hydrogen-bond donors (Lipinski definition) is 0. The predicted molar refractivity (Wildman–Crippen MR) is 116 cm³/mol. The fourth-order valence-corrected chi connectivity index (χ4v) is 4.53. The van der Waals surface area contributed by atoms with Gasteiger partial charge >= 0.3 is 0 Å². The lowest BCUT2D eigenvalue weighted by atomic mass is 9.79. The van der Waals surface area contributed by atoms with Gasteiger partial charge in [-0.25, -0.2) is 13.2 Å². The zero-order chi connectivity index (χ0) is 21.1. The largest absolute Gasteiger partial charge is 0.207 e. The topological polar surface area (TPSA) is 0 Å². The lowest BCUT2D eigenvalue weighted by molar-refractivity contribution is 0.529. The van der Waals surface area contributed by atoms with Gasteiger partial charge in [0.1, 0.15) is 17.5 Å². The summed E-state index contributed by atoms with van der Waals surface area (Å²) in [6.45, 7) is 2.16. The highest BCUT2D eigenvalue weighted by atomic mass is 19.1. The molecule has 0 saturated heterocycles. The van der Waals surface area contributed by atoms with Gasteiger partial charge in [0.05, 0.1) is 0 Å². The molecule has 156 valence electrons. The Morgan fingerprint density at radius 2 is 1.63 bits per heavy atom. The number of halogens is 3. The summed E-state index contributed by atoms with van der Waals surface area (Å²) in [5.41, 5.74) is 5.00. The van der Waals surface area contributed by atoms with Gasteiger partial charge in [-0.05, 0) is 96.2 Å². The molecule has 0 heterocycles. The van der Waals surface area contributed by atoms with E-state index in [0.717, 1.165) is 60.8 Å². The first-order chi connectivity index (χ1) is 14.5. The number of fused-ring (bicyclic) bond motifs is 1. The summed E-state index contributed by atoms with van der Waals surface area (Å²) >= 11 is 0. The van der Waals surface area contributed by atoms with E-state index in [4.69, 9.17) is 0 Å². The molecule has 4 rings (SSSR count). The summed E-state index contributed by atoms with van der Waals surface area (Å²) in [6.07, 6.45) is 6.58. The fourth-order valence-electron chi connectivity index (χ4n) is 4.53. The Balaban J connectivity index is 1.54. The van der Waals surface area contributed by atoms with Crippen molar-refractivity contribution in [1.82, 2.24) is 0 Å². The molecule has 3 heteroatoms. The van der Waals surface area contributed by atoms with Gasteiger partial charge in [-0.2, -0.15) is 0 Å². The zero-order valence-electron chi connectivity index (χ0n) is 17.4. The maximum absolute atomic E-state index is 14.8. The van der Waals surface area contributed by atoms with E-state index in [1.807, 2.05) is 18.2 Å². The summed E-state index contributed by atoms with van der Waals surface area (Å²) < 4.78 is 42.8. The highest BCUT2D eigenvalue weighted by molar-refractivity contribution is 5.66. The van der Waals surface area contributed by atoms with Gasteiger partial charge in [0.2, 0.25) is 0 Å². The van der Waals surface area contributed by atoms with Crippen LogP contribution in [0.4, 0.5) is 13.2 Å². The molecular formula is C27H27F3. The van der Waals surface area contributed by atoms with E-state index in [9.17, 15) is 13.2 Å². The van der Waals surface area contributed by atoms with Crippen molar-refractivity contribution in [3.05, 3.63) is 94.3 Å². The Kier molecular flexibility index (Phi) is 6.26. The van der Waals surface area contributed by atoms with Gasteiger partial charge in [0.15, 0.2) is 0 Å². The van der Waals surface area contributed by atoms with Gasteiger partial charge in [0, 0.05) is 5.56 Å². The van der Waals surface area contributed by atoms with Crippen molar-refractivity contribution in [2.24, 2.45) is 0 Å². The van der Waals surface area contributed by atoms with Crippen LogP contribution < -0.4 is 0 Å². The Morgan fingerprint density at radius 3 is 2.37 bits per heavy atom. The molecule has 0 aromatic heterocycles. The molecule has 1 atom stereocenters. The molecule has 1 aliphatic carbocycles. The average molecular weight is 409 g/mol. The zero-order valence-corrected chi connectivity index (χ0v) is 17.4. The minimum absolute atomic E-state index is 0.0678. The summed E-state index contributed by atoms with van der Waals surface area (Å²) in [5, 5.41) is 0. The first-order valence-electron chi connectivity index (χ1n) is 10.9. The molecule has 0 fully saturated rings. The first-order valence-corrected chi connectivity index (χ1v) is 10.9. The van der Waals surface area contributed by atoms with E-state index in [1.165, 1.54) is 12.1 Å². The molecule has 0 N–H and O–H groups in total. The quantitative estimate of drug-likeness (QED) is 0.365. The van der Waals surface area contributed by atoms with Crippen LogP contribution in [-0.2, 0) is 19.3 Å². The van der Waals surface area contributed by atoms with Gasteiger partial charge in [-0.1, -0.05) is 44.0 Å². The predicted octanol–water partition coefficient (Wildman–Crippen LogP) is 7.78. The monoisotopic (exact) mass is 408 g/mol. The van der Waals surface area contributed by atoms with E-state index < -0.39 is 0 Å². The molecule has 1 unspecified atom stereocenters. The van der Waals surface area contributed by atoms with E-state index in [-0.39, 0.29) is 23.4 Å². The van der Waals surface area contributed by atoms with Crippen LogP contribution in [0.1, 0.15) is 60.8 Å². The van der Waals surface area contributed by atoms with Crippen LogP contribution in [0.5, 0.6) is 0 Å². The lowest BCUT2D eigenvalue weighted by Crippen LogP contribution is -2.15. The molecule has 0 saturated carbocycles. The van der Waals surface area contributed by atoms with Crippen LogP contribution >= 0.6 is 0 Å². The van der Waals surface area contributed by atoms with Crippen molar-refractivity contribution in [3.8, 4) is 11.1 Å². The Morgan fingerprint density at radius 1 is 0.833 bits per heavy atom. The number of benzene rings is 3. The maximum Gasteiger partial charge on any atom is 0.131 e. The normalized spacial score (nSPS) is 15.8. The van der Waals surface area contributed by atoms with Crippen LogP contribution in [0.15, 0.2) is 54.6 Å². The second-order valence-electron chi connectivity index (χ2n) is 8.36. The number of rotatable bonds is 6. The Hall–Kier alpha value is -2.55. The second kappa shape index (κ2) is 9.07. The summed E-state index contributed by atoms with van der Waals surface area (Å²) in [6, 6.07) is 15.0. The van der Waals surface area contributed by atoms with Gasteiger partial charge in [0.25, 0.3) is 0 Å². The molecule has 0 amide bonds. The summed E-state index contributed by atoms with van der Waals surface area (Å²) in [5.74, 6) is -0.717. The van der Waals surface area contributed by atoms with Crippen molar-refractivity contribution < 1.29 is 13.2 Å². The molecule has 1 aliphatic rings. The molecule has 0 nitrogen and oxygen atoms in total. The standard InChI is InChI=1S/C27H27F3/c1-2-3-4-5-18-6-13-24(26(29)14-18)21-8-7-20-16-25(27(30)17-22(20)15-21)19-9-11-23(28)12-10-19/h6,9-14,16-17,21H,2-5,7-8,15H2,1H3. The second-order valence-corrected chi connectivity index (χ2v) is 8.36. The first kappa shape index (κ1) is 20.7. The molecule has 0 radical (unpaired) electrons. The number of hydrogen-bond acceptors (Lipinski definition) is 0. The number of unbranched alkanes of at least 4 members (excludes halogenated alkanes) is 2. The minimum atomic E-state index is -0.335. The highest BCUT2D eigenvalue weighted by Gasteiger charge is 2.24. The highest BCUT2D eigenvalue weighted by Crippen LogP contribution is 2.37. The van der Waals surface area contributed by atoms with Gasteiger partial charge in [-0.3, -0.25) is 0 Å². The van der Waals surface area contributed by atoms with Crippen molar-refractivity contribution >= 4 is 0 Å². The van der Waals surface area contributed by atoms with Crippen LogP contribution in [0.3, 0.4) is 0 Å². The number of aryl methyl sites for hydroxylation is 2. The SMILES string of the molecule is CCCCCc1ccc(C2CCc3cc(-c4ccc(F)cc4)c(F)cc3C2)c(F)c1. The minimum Gasteiger partial charge on any atom is -0.207 e. The maximum atomic E-state index is 14.8. The molecular weight excluding hydrogens is 381 g/mol. The Labute approximate surface area is 176 Å². The molecule has 0 bridgehead atoms. The van der Waals surface area contributed by atoms with E-state index in [1.54, 1.807) is 24.3 Å². The van der Waals surface area contributed by atoms with Crippen LogP contribution in [0.2, 0.25) is 0 Å². The Bertz CT molecular complexity index is 1020. The molecule has 30 heavy (non-hydrogen) atoms. The van der Waals surface area contributed by atoms with E-state index >= 15 is 0 Å². The average Bonchev–Trinajstić information content (AvgIpc) is 2.74. The van der Waals surface area contributed by atoms with Gasteiger partial charge < -0.3 is 0 Å². The third-order valence-electron chi connectivity index (χ3n) is 6.25. The lowest BCUT2D eigenvalue weighted by Gasteiger charge is -2.26. The van der Waals surface area contributed by atoms with Crippen LogP contribution in [0.25, 0.3) is 11.1 Å². The van der Waals surface area contributed by atoms with Crippen molar-refractivity contribution in [2.75, 3.05) is 0 Å². The van der Waals surface area contributed by atoms with Crippen LogP contribution in [0, 0.1) is 17.5 Å². The third kappa shape index (κ3) is 4.45. The van der Waals surface area contributed by atoms with Crippen molar-refractivity contribution in [1.29, 1.82) is 0 Å².